The Bertz CT molecular complexity index is 1060. The van der Waals surface area contributed by atoms with Crippen LogP contribution < -0.4 is 14.8 Å². The van der Waals surface area contributed by atoms with E-state index in [1.807, 2.05) is 12.1 Å². The van der Waals surface area contributed by atoms with Crippen LogP contribution in [0.5, 0.6) is 5.75 Å². The molecule has 1 aliphatic carbocycles. The van der Waals surface area contributed by atoms with Crippen molar-refractivity contribution in [2.75, 3.05) is 25.3 Å². The molecule has 9 heteroatoms. The molecule has 0 aromatic heterocycles. The largest absolute Gasteiger partial charge is 0.497 e. The number of carbonyl (C=O) groups is 2. The lowest BCUT2D eigenvalue weighted by atomic mass is 9.96. The van der Waals surface area contributed by atoms with Gasteiger partial charge in [0.05, 0.1) is 31.4 Å². The SMILES string of the molecule is CCOC(=O)C1(c2ccc(NC(=O)C[C@@H](NS(C)(=O)=O)c3ccc(OC)cc3)cc2)CC1. The van der Waals surface area contributed by atoms with Gasteiger partial charge in [-0.25, -0.2) is 13.1 Å². The second-order valence-corrected chi connectivity index (χ2v) is 9.63. The maximum Gasteiger partial charge on any atom is 0.316 e. The van der Waals surface area contributed by atoms with Crippen LogP contribution >= 0.6 is 0 Å². The highest BCUT2D eigenvalue weighted by Crippen LogP contribution is 2.49. The van der Waals surface area contributed by atoms with Crippen molar-refractivity contribution in [2.24, 2.45) is 0 Å². The zero-order valence-corrected chi connectivity index (χ0v) is 19.2. The van der Waals surface area contributed by atoms with Gasteiger partial charge in [-0.1, -0.05) is 24.3 Å². The van der Waals surface area contributed by atoms with E-state index in [0.717, 1.165) is 24.7 Å². The fraction of sp³-hybridized carbons (Fsp3) is 0.391. The highest BCUT2D eigenvalue weighted by atomic mass is 32.2. The Morgan fingerprint density at radius 2 is 1.69 bits per heavy atom. The lowest BCUT2D eigenvalue weighted by Gasteiger charge is -2.18. The van der Waals surface area contributed by atoms with Crippen LogP contribution in [0.4, 0.5) is 5.69 Å². The minimum Gasteiger partial charge on any atom is -0.497 e. The van der Waals surface area contributed by atoms with Crippen molar-refractivity contribution in [3.63, 3.8) is 0 Å². The second kappa shape index (κ2) is 9.70. The lowest BCUT2D eigenvalue weighted by molar-refractivity contribution is -0.146. The monoisotopic (exact) mass is 460 g/mol. The molecule has 8 nitrogen and oxygen atoms in total. The molecule has 32 heavy (non-hydrogen) atoms. The summed E-state index contributed by atoms with van der Waals surface area (Å²) in [5.74, 6) is 0.0693. The van der Waals surface area contributed by atoms with E-state index in [2.05, 4.69) is 10.0 Å². The molecular formula is C23H28N2O6S. The Kier molecular flexibility index (Phi) is 7.20. The topological polar surface area (TPSA) is 111 Å². The smallest absolute Gasteiger partial charge is 0.316 e. The van der Waals surface area contributed by atoms with Gasteiger partial charge in [0, 0.05) is 12.1 Å². The molecule has 0 aliphatic heterocycles. The molecule has 1 fully saturated rings. The third-order valence-corrected chi connectivity index (χ3v) is 6.11. The predicted molar refractivity (Wildman–Crippen MR) is 121 cm³/mol. The Morgan fingerprint density at radius 1 is 1.06 bits per heavy atom. The standard InChI is InChI=1S/C23H28N2O6S/c1-4-31-22(27)23(13-14-23)17-7-9-18(10-8-17)24-21(26)15-20(25-32(3,28)29)16-5-11-19(30-2)12-6-16/h5-12,20,25H,4,13-15H2,1-3H3,(H,24,26)/t20-/m1/s1. The quantitative estimate of drug-likeness (QED) is 0.528. The highest BCUT2D eigenvalue weighted by Gasteiger charge is 2.52. The number of amides is 1. The highest BCUT2D eigenvalue weighted by molar-refractivity contribution is 7.88. The number of ether oxygens (including phenoxy) is 2. The van der Waals surface area contributed by atoms with Gasteiger partial charge in [-0.15, -0.1) is 0 Å². The summed E-state index contributed by atoms with van der Waals surface area (Å²) in [6, 6.07) is 13.2. The predicted octanol–water partition coefficient (Wildman–Crippen LogP) is 2.91. The summed E-state index contributed by atoms with van der Waals surface area (Å²) in [6.07, 6.45) is 2.46. The Balaban J connectivity index is 1.68. The van der Waals surface area contributed by atoms with Gasteiger partial charge in [0.15, 0.2) is 0 Å². The first-order valence-corrected chi connectivity index (χ1v) is 12.2. The van der Waals surface area contributed by atoms with Crippen molar-refractivity contribution in [1.29, 1.82) is 0 Å². The normalized spacial score (nSPS) is 15.5. The van der Waals surface area contributed by atoms with E-state index in [0.29, 0.717) is 23.6 Å². The van der Waals surface area contributed by atoms with Gasteiger partial charge < -0.3 is 14.8 Å². The van der Waals surface area contributed by atoms with E-state index in [1.54, 1.807) is 43.3 Å². The average molecular weight is 461 g/mol. The maximum atomic E-state index is 12.6. The molecule has 2 N–H and O–H groups in total. The molecule has 0 heterocycles. The molecule has 0 unspecified atom stereocenters. The van der Waals surface area contributed by atoms with E-state index < -0.39 is 21.5 Å². The fourth-order valence-corrected chi connectivity index (χ4v) is 4.33. The Hall–Kier alpha value is -2.91. The van der Waals surface area contributed by atoms with Gasteiger partial charge in [-0.05, 0) is 55.2 Å². The Labute approximate surface area is 188 Å². The summed E-state index contributed by atoms with van der Waals surface area (Å²) < 4.78 is 36.4. The van der Waals surface area contributed by atoms with Crippen LogP contribution in [-0.4, -0.2) is 40.3 Å². The van der Waals surface area contributed by atoms with Gasteiger partial charge in [-0.2, -0.15) is 0 Å². The number of esters is 1. The first kappa shape index (κ1) is 23.7. The van der Waals surface area contributed by atoms with Gasteiger partial charge >= 0.3 is 5.97 Å². The van der Waals surface area contributed by atoms with Gasteiger partial charge in [0.2, 0.25) is 15.9 Å². The van der Waals surface area contributed by atoms with Gasteiger partial charge in [0.25, 0.3) is 0 Å². The molecule has 2 aromatic carbocycles. The number of benzene rings is 2. The first-order valence-electron chi connectivity index (χ1n) is 10.4. The number of nitrogens with one attached hydrogen (secondary N) is 2. The van der Waals surface area contributed by atoms with Crippen LogP contribution in [0, 0.1) is 0 Å². The summed E-state index contributed by atoms with van der Waals surface area (Å²) in [4.78, 5) is 24.9. The number of anilines is 1. The molecule has 1 amide bonds. The van der Waals surface area contributed by atoms with E-state index in [-0.39, 0.29) is 18.3 Å². The van der Waals surface area contributed by atoms with Crippen molar-refractivity contribution in [1.82, 2.24) is 4.72 Å². The van der Waals surface area contributed by atoms with Crippen molar-refractivity contribution in [3.8, 4) is 5.75 Å². The molecule has 1 atom stereocenters. The summed E-state index contributed by atoms with van der Waals surface area (Å²) in [6.45, 7) is 2.12. The molecule has 172 valence electrons. The number of hydrogen-bond donors (Lipinski definition) is 2. The van der Waals surface area contributed by atoms with Crippen molar-refractivity contribution >= 4 is 27.6 Å². The summed E-state index contributed by atoms with van der Waals surface area (Å²) >= 11 is 0. The third-order valence-electron chi connectivity index (χ3n) is 5.40. The van der Waals surface area contributed by atoms with Gasteiger partial charge in [0.1, 0.15) is 5.75 Å². The molecule has 1 saturated carbocycles. The maximum absolute atomic E-state index is 12.6. The van der Waals surface area contributed by atoms with Crippen molar-refractivity contribution in [2.45, 2.75) is 37.6 Å². The second-order valence-electron chi connectivity index (χ2n) is 7.85. The van der Waals surface area contributed by atoms with Crippen LogP contribution in [0.1, 0.15) is 43.4 Å². The third kappa shape index (κ3) is 5.86. The average Bonchev–Trinajstić information content (AvgIpc) is 3.55. The number of hydrogen-bond acceptors (Lipinski definition) is 6. The number of methoxy groups -OCH3 is 1. The van der Waals surface area contributed by atoms with Crippen molar-refractivity contribution < 1.29 is 27.5 Å². The van der Waals surface area contributed by atoms with Crippen LogP contribution in [-0.2, 0) is 29.8 Å². The van der Waals surface area contributed by atoms with E-state index in [1.165, 1.54) is 7.11 Å². The molecule has 2 aromatic rings. The van der Waals surface area contributed by atoms with Crippen molar-refractivity contribution in [3.05, 3.63) is 59.7 Å². The van der Waals surface area contributed by atoms with Crippen LogP contribution in [0.3, 0.4) is 0 Å². The molecule has 0 radical (unpaired) electrons. The lowest BCUT2D eigenvalue weighted by Crippen LogP contribution is -2.30. The van der Waals surface area contributed by atoms with Gasteiger partial charge in [-0.3, -0.25) is 9.59 Å². The summed E-state index contributed by atoms with van der Waals surface area (Å²) in [5, 5.41) is 2.79. The molecule has 1 aliphatic rings. The molecule has 0 spiro atoms. The Morgan fingerprint density at radius 3 is 2.19 bits per heavy atom. The first-order chi connectivity index (χ1) is 15.2. The zero-order valence-electron chi connectivity index (χ0n) is 18.4. The molecular weight excluding hydrogens is 432 g/mol. The molecule has 3 rings (SSSR count). The summed E-state index contributed by atoms with van der Waals surface area (Å²) in [5.41, 5.74) is 1.50. The van der Waals surface area contributed by atoms with E-state index in [4.69, 9.17) is 9.47 Å². The summed E-state index contributed by atoms with van der Waals surface area (Å²) in [7, 11) is -2.00. The van der Waals surface area contributed by atoms with E-state index >= 15 is 0 Å². The molecule has 0 saturated heterocycles. The number of rotatable bonds is 10. The minimum atomic E-state index is -3.54. The van der Waals surface area contributed by atoms with Crippen LogP contribution in [0.25, 0.3) is 0 Å². The van der Waals surface area contributed by atoms with Crippen LogP contribution in [0.2, 0.25) is 0 Å². The van der Waals surface area contributed by atoms with E-state index in [9.17, 15) is 18.0 Å². The number of sulfonamides is 1. The molecule has 0 bridgehead atoms. The van der Waals surface area contributed by atoms with Crippen LogP contribution in [0.15, 0.2) is 48.5 Å². The number of carbonyl (C=O) groups excluding carboxylic acids is 2. The minimum absolute atomic E-state index is 0.0894. The zero-order chi connectivity index (χ0) is 23.4. The fourth-order valence-electron chi connectivity index (χ4n) is 3.60.